The molecule has 0 saturated heterocycles. The summed E-state index contributed by atoms with van der Waals surface area (Å²) < 4.78 is 24.4. The number of nitrogens with zero attached hydrogens (tertiary/aromatic N) is 2. The molecular weight excluding hydrogens is 242 g/mol. The predicted octanol–water partition coefficient (Wildman–Crippen LogP) is 0.762. The van der Waals surface area contributed by atoms with Gasteiger partial charge in [-0.05, 0) is 6.07 Å². The summed E-state index contributed by atoms with van der Waals surface area (Å²) >= 11 is 0. The fourth-order valence-electron chi connectivity index (χ4n) is 1.31. The van der Waals surface area contributed by atoms with E-state index in [1.54, 1.807) is 0 Å². The van der Waals surface area contributed by atoms with Gasteiger partial charge in [0, 0.05) is 19.4 Å². The number of rotatable bonds is 3. The SMILES string of the molecule is CN(CC(F)F)C(=O)c1ccncc1C#CCO. The Morgan fingerprint density at radius 2 is 2.33 bits per heavy atom. The van der Waals surface area contributed by atoms with E-state index in [0.717, 1.165) is 4.90 Å². The van der Waals surface area contributed by atoms with Gasteiger partial charge in [0.25, 0.3) is 12.3 Å². The molecule has 0 fully saturated rings. The molecule has 0 unspecified atom stereocenters. The lowest BCUT2D eigenvalue weighted by Crippen LogP contribution is -2.31. The molecule has 0 atom stereocenters. The molecule has 0 radical (unpaired) electrons. The summed E-state index contributed by atoms with van der Waals surface area (Å²) in [6.07, 6.45) is 0.146. The van der Waals surface area contributed by atoms with Gasteiger partial charge in [-0.15, -0.1) is 0 Å². The zero-order valence-corrected chi connectivity index (χ0v) is 9.73. The van der Waals surface area contributed by atoms with Gasteiger partial charge in [-0.25, -0.2) is 8.78 Å². The molecule has 0 aliphatic carbocycles. The zero-order chi connectivity index (χ0) is 13.5. The fourth-order valence-corrected chi connectivity index (χ4v) is 1.31. The second-order valence-corrected chi connectivity index (χ2v) is 3.46. The van der Waals surface area contributed by atoms with Gasteiger partial charge in [-0.2, -0.15) is 0 Å². The van der Waals surface area contributed by atoms with Crippen molar-refractivity contribution in [2.75, 3.05) is 20.2 Å². The maximum absolute atomic E-state index is 12.2. The first kappa shape index (κ1) is 14.1. The first-order valence-corrected chi connectivity index (χ1v) is 5.13. The highest BCUT2D eigenvalue weighted by molar-refractivity contribution is 5.96. The molecule has 1 aromatic rings. The quantitative estimate of drug-likeness (QED) is 0.810. The summed E-state index contributed by atoms with van der Waals surface area (Å²) in [4.78, 5) is 16.6. The van der Waals surface area contributed by atoms with Gasteiger partial charge in [0.2, 0.25) is 0 Å². The molecule has 0 aliphatic heterocycles. The first-order chi connectivity index (χ1) is 8.56. The number of halogens is 2. The van der Waals surface area contributed by atoms with Crippen LogP contribution in [0.15, 0.2) is 18.5 Å². The number of pyridine rings is 1. The van der Waals surface area contributed by atoms with Crippen molar-refractivity contribution in [1.29, 1.82) is 0 Å². The van der Waals surface area contributed by atoms with Crippen LogP contribution in [0, 0.1) is 11.8 Å². The van der Waals surface area contributed by atoms with Gasteiger partial charge in [0.1, 0.15) is 6.61 Å². The largest absolute Gasteiger partial charge is 0.384 e. The van der Waals surface area contributed by atoms with Gasteiger partial charge in [-0.3, -0.25) is 9.78 Å². The van der Waals surface area contributed by atoms with Crippen LogP contribution in [-0.2, 0) is 0 Å². The highest BCUT2D eigenvalue weighted by Crippen LogP contribution is 2.09. The molecule has 1 heterocycles. The van der Waals surface area contributed by atoms with Crippen LogP contribution in [0.2, 0.25) is 0 Å². The predicted molar refractivity (Wildman–Crippen MR) is 61.2 cm³/mol. The molecule has 0 aromatic carbocycles. The summed E-state index contributed by atoms with van der Waals surface area (Å²) in [5.74, 6) is 4.39. The second kappa shape index (κ2) is 6.67. The maximum atomic E-state index is 12.2. The van der Waals surface area contributed by atoms with E-state index in [1.807, 2.05) is 0 Å². The Labute approximate surface area is 103 Å². The Balaban J connectivity index is 2.98. The van der Waals surface area contributed by atoms with E-state index in [-0.39, 0.29) is 12.2 Å². The molecular formula is C12H12F2N2O2. The molecule has 1 amide bonds. The monoisotopic (exact) mass is 254 g/mol. The lowest BCUT2D eigenvalue weighted by molar-refractivity contribution is 0.0620. The third-order valence-electron chi connectivity index (χ3n) is 2.11. The van der Waals surface area contributed by atoms with E-state index in [1.165, 1.54) is 25.5 Å². The average Bonchev–Trinajstić information content (AvgIpc) is 2.35. The lowest BCUT2D eigenvalue weighted by atomic mass is 10.1. The number of hydrogen-bond acceptors (Lipinski definition) is 3. The van der Waals surface area contributed by atoms with Gasteiger partial charge < -0.3 is 10.0 Å². The summed E-state index contributed by atoms with van der Waals surface area (Å²) in [5, 5.41) is 8.60. The number of hydrogen-bond donors (Lipinski definition) is 1. The molecule has 18 heavy (non-hydrogen) atoms. The standard InChI is InChI=1S/C12H12F2N2O2/c1-16(8-11(13)14)12(18)10-4-5-15-7-9(10)3-2-6-17/h4-5,7,11,17H,6,8H2,1H3. The molecule has 0 saturated carbocycles. The average molecular weight is 254 g/mol. The van der Waals surface area contributed by atoms with Crippen molar-refractivity contribution in [3.8, 4) is 11.8 Å². The highest BCUT2D eigenvalue weighted by Gasteiger charge is 2.18. The van der Waals surface area contributed by atoms with E-state index in [9.17, 15) is 13.6 Å². The van der Waals surface area contributed by atoms with Crippen LogP contribution in [0.1, 0.15) is 15.9 Å². The molecule has 1 rings (SSSR count). The van der Waals surface area contributed by atoms with Crippen molar-refractivity contribution < 1.29 is 18.7 Å². The third kappa shape index (κ3) is 3.79. The summed E-state index contributed by atoms with van der Waals surface area (Å²) in [6.45, 7) is -0.997. The number of alkyl halides is 2. The Hall–Kier alpha value is -2.00. The highest BCUT2D eigenvalue weighted by atomic mass is 19.3. The van der Waals surface area contributed by atoms with E-state index in [0.29, 0.717) is 5.56 Å². The molecule has 4 nitrogen and oxygen atoms in total. The Bertz CT molecular complexity index is 480. The van der Waals surface area contributed by atoms with E-state index in [4.69, 9.17) is 5.11 Å². The van der Waals surface area contributed by atoms with E-state index < -0.39 is 18.9 Å². The Kier molecular flexibility index (Phi) is 5.21. The van der Waals surface area contributed by atoms with Crippen molar-refractivity contribution in [2.24, 2.45) is 0 Å². The van der Waals surface area contributed by atoms with E-state index >= 15 is 0 Å². The lowest BCUT2D eigenvalue weighted by Gasteiger charge is -2.17. The van der Waals surface area contributed by atoms with Gasteiger partial charge >= 0.3 is 0 Å². The van der Waals surface area contributed by atoms with Crippen LogP contribution < -0.4 is 0 Å². The molecule has 0 spiro atoms. The van der Waals surface area contributed by atoms with Crippen LogP contribution in [0.3, 0.4) is 0 Å². The van der Waals surface area contributed by atoms with Gasteiger partial charge in [0.05, 0.1) is 17.7 Å². The first-order valence-electron chi connectivity index (χ1n) is 5.13. The molecule has 1 aromatic heterocycles. The number of carbonyl (C=O) groups excluding carboxylic acids is 1. The number of aliphatic hydroxyl groups excluding tert-OH is 1. The van der Waals surface area contributed by atoms with E-state index in [2.05, 4.69) is 16.8 Å². The Morgan fingerprint density at radius 3 is 2.94 bits per heavy atom. The molecule has 6 heteroatoms. The van der Waals surface area contributed by atoms with Crippen molar-refractivity contribution in [2.45, 2.75) is 6.43 Å². The minimum Gasteiger partial charge on any atom is -0.384 e. The number of aliphatic hydroxyl groups is 1. The normalized spacial score (nSPS) is 9.83. The van der Waals surface area contributed by atoms with Crippen LogP contribution in [0.5, 0.6) is 0 Å². The Morgan fingerprint density at radius 1 is 1.61 bits per heavy atom. The summed E-state index contributed by atoms with van der Waals surface area (Å²) in [5.41, 5.74) is 0.492. The van der Waals surface area contributed by atoms with Crippen LogP contribution in [-0.4, -0.2) is 47.5 Å². The van der Waals surface area contributed by atoms with Gasteiger partial charge in [0.15, 0.2) is 0 Å². The van der Waals surface area contributed by atoms with Crippen LogP contribution >= 0.6 is 0 Å². The minimum atomic E-state index is -2.59. The second-order valence-electron chi connectivity index (χ2n) is 3.46. The minimum absolute atomic E-state index is 0.189. The maximum Gasteiger partial charge on any atom is 0.255 e. The number of amides is 1. The van der Waals surface area contributed by atoms with Crippen LogP contribution in [0.25, 0.3) is 0 Å². The molecule has 96 valence electrons. The molecule has 0 aliphatic rings. The summed E-state index contributed by atoms with van der Waals surface area (Å²) in [6, 6.07) is 1.41. The van der Waals surface area contributed by atoms with Crippen molar-refractivity contribution in [3.63, 3.8) is 0 Å². The fraction of sp³-hybridized carbons (Fsp3) is 0.333. The summed E-state index contributed by atoms with van der Waals surface area (Å²) in [7, 11) is 1.29. The van der Waals surface area contributed by atoms with Crippen LogP contribution in [0.4, 0.5) is 8.78 Å². The van der Waals surface area contributed by atoms with Crippen molar-refractivity contribution in [1.82, 2.24) is 9.88 Å². The third-order valence-corrected chi connectivity index (χ3v) is 2.11. The van der Waals surface area contributed by atoms with Crippen molar-refractivity contribution in [3.05, 3.63) is 29.6 Å². The molecule has 0 bridgehead atoms. The molecule has 1 N–H and O–H groups in total. The zero-order valence-electron chi connectivity index (χ0n) is 9.73. The van der Waals surface area contributed by atoms with Gasteiger partial charge in [-0.1, -0.05) is 11.8 Å². The topological polar surface area (TPSA) is 53.4 Å². The van der Waals surface area contributed by atoms with Crippen molar-refractivity contribution >= 4 is 5.91 Å². The number of aromatic nitrogens is 1. The smallest absolute Gasteiger partial charge is 0.255 e. The number of carbonyl (C=O) groups is 1.